The molecule has 0 heterocycles. The van der Waals surface area contributed by atoms with Gasteiger partial charge in [0.05, 0.1) is 13.2 Å². The van der Waals surface area contributed by atoms with Crippen molar-refractivity contribution in [2.75, 3.05) is 13.2 Å². The number of aromatic hydroxyl groups is 2. The maximum atomic E-state index is 15.8. The second-order valence-corrected chi connectivity index (χ2v) is 26.0. The summed E-state index contributed by atoms with van der Waals surface area (Å²) < 4.78 is 45.3. The van der Waals surface area contributed by atoms with Crippen LogP contribution in [0.25, 0.3) is 87.6 Å². The van der Waals surface area contributed by atoms with E-state index in [1.165, 1.54) is 24.3 Å². The summed E-state index contributed by atoms with van der Waals surface area (Å²) in [4.78, 5) is 0. The monoisotopic (exact) mass is 1070 g/mol. The van der Waals surface area contributed by atoms with Gasteiger partial charge in [0.25, 0.3) is 0 Å². The van der Waals surface area contributed by atoms with Gasteiger partial charge in [-0.2, -0.15) is 0 Å². The minimum absolute atomic E-state index is 0.0186. The van der Waals surface area contributed by atoms with Gasteiger partial charge in [-0.05, 0) is 168 Å². The molecule has 0 fully saturated rings. The maximum Gasteiger partial charge on any atom is 0.131 e. The van der Waals surface area contributed by atoms with Gasteiger partial charge in [-0.25, -0.2) is 8.78 Å². The number of phenolic OH excluding ortho intramolecular Hbond substituents is 2. The van der Waals surface area contributed by atoms with Gasteiger partial charge in [0, 0.05) is 50.4 Å². The van der Waals surface area contributed by atoms with Crippen LogP contribution in [0.15, 0.2) is 170 Å². The average Bonchev–Trinajstić information content (AvgIpc) is 3.59. The topological polar surface area (TPSA) is 58.9 Å². The fourth-order valence-corrected chi connectivity index (χ4v) is 13.0. The highest BCUT2D eigenvalue weighted by molar-refractivity contribution is 6.15. The normalized spacial score (nSPS) is 12.6. The fraction of sp³-hybridized carbons (Fsp3) is 0.297. The van der Waals surface area contributed by atoms with Crippen LogP contribution in [0.5, 0.6) is 23.0 Å². The Bertz CT molecular complexity index is 3580. The molecule has 0 aliphatic carbocycles. The van der Waals surface area contributed by atoms with Gasteiger partial charge in [0.15, 0.2) is 0 Å². The van der Waals surface area contributed by atoms with Crippen LogP contribution in [-0.4, -0.2) is 23.4 Å². The molecule has 0 atom stereocenters. The van der Waals surface area contributed by atoms with E-state index >= 15 is 8.78 Å². The smallest absolute Gasteiger partial charge is 0.131 e. The quantitative estimate of drug-likeness (QED) is 0.0947. The van der Waals surface area contributed by atoms with E-state index in [4.69, 9.17) is 9.47 Å². The minimum atomic E-state index is -0.452. The van der Waals surface area contributed by atoms with Gasteiger partial charge in [0.2, 0.25) is 0 Å². The maximum absolute atomic E-state index is 15.8. The zero-order chi connectivity index (χ0) is 56.9. The first kappa shape index (κ1) is 55.6. The van der Waals surface area contributed by atoms with Crippen molar-refractivity contribution in [2.45, 2.75) is 113 Å². The lowest BCUT2D eigenvalue weighted by molar-refractivity contribution is 0.169. The second-order valence-electron chi connectivity index (χ2n) is 26.0. The average molecular weight is 1070 g/mol. The van der Waals surface area contributed by atoms with Crippen molar-refractivity contribution < 1.29 is 28.5 Å². The molecule has 0 aliphatic heterocycles. The summed E-state index contributed by atoms with van der Waals surface area (Å²) >= 11 is 0. The number of hydrogen-bond acceptors (Lipinski definition) is 4. The second kappa shape index (κ2) is 21.7. The summed E-state index contributed by atoms with van der Waals surface area (Å²) in [7, 11) is 0. The standard InChI is InChI=1S/C74H76F2O4/c1-12-21-46(42-79-65-32-30-53(75)40-59(65)61-36-51(73(8,9)44-71(2,3)4)38-63(69(61)77)67-55-26-17-13-22-47(55)34-48-23-14-18-27-56(48)67)43-80-66-33-31-54(76)41-60(66)62-37-52(74(10,11)45-72(5,6)7)39-64(70(62)78)68-57-28-19-15-24-49(57)35-50-25-16-20-29-58(50)68/h13-20,22-41,46,77-78H,12,21,42-45H2,1-11H3. The van der Waals surface area contributed by atoms with Crippen LogP contribution in [0, 0.1) is 28.4 Å². The number of fused-ring (bicyclic) bond motifs is 4. The highest BCUT2D eigenvalue weighted by atomic mass is 19.1. The Morgan fingerprint density at radius 1 is 0.400 bits per heavy atom. The first-order valence-corrected chi connectivity index (χ1v) is 28.4. The van der Waals surface area contributed by atoms with Crippen molar-refractivity contribution in [3.05, 3.63) is 193 Å². The predicted octanol–water partition coefficient (Wildman–Crippen LogP) is 21.0. The first-order valence-electron chi connectivity index (χ1n) is 28.4. The molecule has 0 radical (unpaired) electrons. The molecule has 410 valence electrons. The van der Waals surface area contributed by atoms with Crippen LogP contribution in [0.2, 0.25) is 0 Å². The van der Waals surface area contributed by atoms with Crippen molar-refractivity contribution in [2.24, 2.45) is 16.7 Å². The van der Waals surface area contributed by atoms with Crippen LogP contribution in [-0.2, 0) is 10.8 Å². The number of benzene rings is 10. The molecule has 0 unspecified atom stereocenters. The summed E-state index contributed by atoms with van der Waals surface area (Å²) in [6.45, 7) is 24.9. The van der Waals surface area contributed by atoms with Gasteiger partial charge < -0.3 is 19.7 Å². The Labute approximate surface area is 472 Å². The third-order valence-electron chi connectivity index (χ3n) is 15.9. The van der Waals surface area contributed by atoms with E-state index in [1.807, 2.05) is 60.7 Å². The van der Waals surface area contributed by atoms with Crippen LogP contribution in [0.1, 0.15) is 113 Å². The Kier molecular flexibility index (Phi) is 15.1. The lowest BCUT2D eigenvalue weighted by Gasteiger charge is -2.34. The lowest BCUT2D eigenvalue weighted by atomic mass is 9.71. The van der Waals surface area contributed by atoms with Crippen molar-refractivity contribution in [1.82, 2.24) is 0 Å². The zero-order valence-corrected chi connectivity index (χ0v) is 48.5. The highest BCUT2D eigenvalue weighted by Crippen LogP contribution is 2.52. The van der Waals surface area contributed by atoms with Gasteiger partial charge in [-0.1, -0.05) is 180 Å². The number of halogens is 2. The largest absolute Gasteiger partial charge is 0.507 e. The van der Waals surface area contributed by atoms with Crippen LogP contribution < -0.4 is 9.47 Å². The van der Waals surface area contributed by atoms with E-state index in [2.05, 4.69) is 149 Å². The van der Waals surface area contributed by atoms with E-state index in [9.17, 15) is 10.2 Å². The van der Waals surface area contributed by atoms with E-state index in [-0.39, 0.29) is 52.3 Å². The van der Waals surface area contributed by atoms with Crippen LogP contribution in [0.4, 0.5) is 8.78 Å². The van der Waals surface area contributed by atoms with Gasteiger partial charge in [-0.15, -0.1) is 0 Å². The fourth-order valence-electron chi connectivity index (χ4n) is 13.0. The van der Waals surface area contributed by atoms with Crippen LogP contribution in [0.3, 0.4) is 0 Å². The number of ether oxygens (including phenoxy) is 2. The molecule has 4 nitrogen and oxygen atoms in total. The molecule has 80 heavy (non-hydrogen) atoms. The van der Waals surface area contributed by atoms with Crippen molar-refractivity contribution in [1.29, 1.82) is 0 Å². The molecule has 10 aromatic carbocycles. The van der Waals surface area contributed by atoms with Crippen molar-refractivity contribution in [3.63, 3.8) is 0 Å². The number of phenols is 2. The Morgan fingerprint density at radius 2 is 0.725 bits per heavy atom. The molecule has 6 heteroatoms. The third kappa shape index (κ3) is 11.5. The molecule has 0 saturated heterocycles. The molecule has 2 N–H and O–H groups in total. The molecular formula is C74H76F2O4. The van der Waals surface area contributed by atoms with E-state index < -0.39 is 11.6 Å². The SMILES string of the molecule is CCCC(COc1ccc(F)cc1-c1cc(C(C)(C)CC(C)(C)C)cc(-c2c3ccccc3cc3ccccc23)c1O)COc1ccc(F)cc1-c1cc(C(C)(C)CC(C)(C)C)cc(-c2c3ccccc3cc3ccccc23)c1O. The number of hydrogen-bond donors (Lipinski definition) is 2. The number of rotatable bonds is 16. The van der Waals surface area contributed by atoms with E-state index in [0.29, 0.717) is 44.9 Å². The molecule has 0 amide bonds. The predicted molar refractivity (Wildman–Crippen MR) is 331 cm³/mol. The summed E-state index contributed by atoms with van der Waals surface area (Å²) in [6, 6.07) is 54.8. The highest BCUT2D eigenvalue weighted by Gasteiger charge is 2.33. The molecule has 0 bridgehead atoms. The van der Waals surface area contributed by atoms with Gasteiger partial charge in [0.1, 0.15) is 34.6 Å². The molecule has 10 aromatic rings. The Balaban J connectivity index is 1.04. The molecule has 0 saturated carbocycles. The summed E-state index contributed by atoms with van der Waals surface area (Å²) in [5, 5.41) is 33.9. The van der Waals surface area contributed by atoms with Gasteiger partial charge >= 0.3 is 0 Å². The van der Waals surface area contributed by atoms with E-state index in [0.717, 1.165) is 91.0 Å². The summed E-state index contributed by atoms with van der Waals surface area (Å²) in [5.74, 6) is -0.128. The Morgan fingerprint density at radius 3 is 1.05 bits per heavy atom. The summed E-state index contributed by atoms with van der Waals surface area (Å²) in [6.07, 6.45) is 3.26. The molecule has 10 rings (SSSR count). The zero-order valence-electron chi connectivity index (χ0n) is 48.5. The molecular weight excluding hydrogens is 991 g/mol. The van der Waals surface area contributed by atoms with Gasteiger partial charge in [-0.3, -0.25) is 0 Å². The van der Waals surface area contributed by atoms with E-state index in [1.54, 1.807) is 12.1 Å². The molecule has 0 aromatic heterocycles. The van der Waals surface area contributed by atoms with Crippen molar-refractivity contribution in [3.8, 4) is 67.5 Å². The van der Waals surface area contributed by atoms with Crippen molar-refractivity contribution >= 4 is 43.1 Å². The summed E-state index contributed by atoms with van der Waals surface area (Å²) in [5.41, 5.74) is 6.31. The minimum Gasteiger partial charge on any atom is -0.507 e. The first-order chi connectivity index (χ1) is 38.0. The Hall–Kier alpha value is -7.70. The molecule has 0 aliphatic rings. The third-order valence-corrected chi connectivity index (χ3v) is 15.9. The molecule has 0 spiro atoms. The lowest BCUT2D eigenvalue weighted by Crippen LogP contribution is -2.25. The van der Waals surface area contributed by atoms with Crippen LogP contribution >= 0.6 is 0 Å².